The zero-order valence-corrected chi connectivity index (χ0v) is 18.3. The molecule has 0 aliphatic carbocycles. The number of hydrazine groups is 1. The number of para-hydroxylation sites is 1. The van der Waals surface area contributed by atoms with Gasteiger partial charge >= 0.3 is 0 Å². The molecule has 2 amide bonds. The molecule has 32 heavy (non-hydrogen) atoms. The van der Waals surface area contributed by atoms with Crippen molar-refractivity contribution in [1.29, 1.82) is 0 Å². The number of carbonyl (C=O) groups is 2. The van der Waals surface area contributed by atoms with Crippen LogP contribution in [-0.4, -0.2) is 32.3 Å². The van der Waals surface area contributed by atoms with Crippen molar-refractivity contribution in [2.45, 2.75) is 18.3 Å². The minimum atomic E-state index is -0.478. The predicted octanol–water partition coefficient (Wildman–Crippen LogP) is 3.39. The zero-order chi connectivity index (χ0) is 22.9. The number of benzene rings is 2. The summed E-state index contributed by atoms with van der Waals surface area (Å²) < 4.78 is 20.9. The molecule has 8 nitrogen and oxygen atoms in total. The molecule has 2 N–H and O–H groups in total. The maximum absolute atomic E-state index is 13.7. The number of thioether (sulfide) groups is 1. The lowest BCUT2D eigenvalue weighted by Gasteiger charge is -2.10. The average molecular weight is 476 g/mol. The van der Waals surface area contributed by atoms with Crippen LogP contribution in [0.15, 0.2) is 66.3 Å². The van der Waals surface area contributed by atoms with Gasteiger partial charge in [0, 0.05) is 17.1 Å². The molecule has 0 unspecified atom stereocenters. The van der Waals surface area contributed by atoms with Crippen molar-refractivity contribution in [2.75, 3.05) is 5.75 Å². The number of aromatic nitrogens is 3. The normalized spacial score (nSPS) is 10.4. The summed E-state index contributed by atoms with van der Waals surface area (Å²) in [5, 5.41) is 9.09. The highest BCUT2D eigenvalue weighted by molar-refractivity contribution is 7.99. The maximum Gasteiger partial charge on any atom is 0.269 e. The van der Waals surface area contributed by atoms with Crippen LogP contribution in [0.4, 0.5) is 4.39 Å². The van der Waals surface area contributed by atoms with E-state index in [-0.39, 0.29) is 18.1 Å². The van der Waals surface area contributed by atoms with Crippen LogP contribution >= 0.6 is 23.4 Å². The Balaban J connectivity index is 1.54. The Morgan fingerprint density at radius 1 is 1.16 bits per heavy atom. The van der Waals surface area contributed by atoms with E-state index in [1.165, 1.54) is 12.1 Å². The summed E-state index contributed by atoms with van der Waals surface area (Å²) in [6, 6.07) is 12.3. The summed E-state index contributed by atoms with van der Waals surface area (Å²) in [5.41, 5.74) is 5.03. The molecule has 3 rings (SSSR count). The first-order valence-corrected chi connectivity index (χ1v) is 10.7. The molecule has 0 bridgehead atoms. The van der Waals surface area contributed by atoms with E-state index < -0.39 is 17.6 Å². The highest BCUT2D eigenvalue weighted by Crippen LogP contribution is 2.20. The van der Waals surface area contributed by atoms with E-state index in [9.17, 15) is 14.0 Å². The molecular weight excluding hydrogens is 457 g/mol. The van der Waals surface area contributed by atoms with Crippen molar-refractivity contribution in [2.24, 2.45) is 0 Å². The van der Waals surface area contributed by atoms with Crippen LogP contribution < -0.4 is 15.6 Å². The summed E-state index contributed by atoms with van der Waals surface area (Å²) >= 11 is 6.91. The van der Waals surface area contributed by atoms with Gasteiger partial charge < -0.3 is 4.74 Å². The van der Waals surface area contributed by atoms with Crippen LogP contribution in [0.5, 0.6) is 5.75 Å². The molecular formula is C21H19ClFN5O3S. The third-order valence-electron chi connectivity index (χ3n) is 4.05. The number of nitrogens with zero attached hydrogens (tertiary/aromatic N) is 3. The predicted molar refractivity (Wildman–Crippen MR) is 119 cm³/mol. The number of amides is 2. The second kappa shape index (κ2) is 11.3. The quantitative estimate of drug-likeness (QED) is 0.280. The molecule has 0 radical (unpaired) electrons. The minimum Gasteiger partial charge on any atom is -0.483 e. The Morgan fingerprint density at radius 3 is 2.62 bits per heavy atom. The topological polar surface area (TPSA) is 98.1 Å². The Bertz CT molecular complexity index is 1110. The monoisotopic (exact) mass is 475 g/mol. The van der Waals surface area contributed by atoms with Gasteiger partial charge in [0.2, 0.25) is 5.91 Å². The fraction of sp³-hybridized carbons (Fsp3) is 0.143. The van der Waals surface area contributed by atoms with Crippen LogP contribution in [-0.2, 0) is 17.9 Å². The van der Waals surface area contributed by atoms with Crippen molar-refractivity contribution in [3.8, 4) is 5.75 Å². The maximum atomic E-state index is 13.7. The average Bonchev–Trinajstić information content (AvgIpc) is 3.17. The highest BCUT2D eigenvalue weighted by Gasteiger charge is 2.15. The first kappa shape index (κ1) is 23.3. The zero-order valence-electron chi connectivity index (χ0n) is 16.8. The molecule has 1 aromatic heterocycles. The summed E-state index contributed by atoms with van der Waals surface area (Å²) in [6.45, 7) is 4.07. The summed E-state index contributed by atoms with van der Waals surface area (Å²) in [4.78, 5) is 24.2. The molecule has 0 fully saturated rings. The van der Waals surface area contributed by atoms with Crippen LogP contribution in [0.1, 0.15) is 16.2 Å². The number of nitrogens with one attached hydrogen (secondary N) is 2. The fourth-order valence-corrected chi connectivity index (χ4v) is 3.41. The van der Waals surface area contributed by atoms with Gasteiger partial charge in [-0.2, -0.15) is 0 Å². The first-order valence-electron chi connectivity index (χ1n) is 9.35. The molecule has 0 aliphatic rings. The Hall–Kier alpha value is -3.37. The smallest absolute Gasteiger partial charge is 0.269 e. The standard InChI is InChI=1S/C21H19ClFN5O3S/c1-2-11-28-18(12-31-17-6-4-3-5-16(17)23)24-27-21(28)32-13-19(29)25-26-20(30)14-7-9-15(22)10-8-14/h2-10H,1,11-13H2,(H,25,29)(H,26,30). The van der Waals surface area contributed by atoms with E-state index in [1.807, 2.05) is 0 Å². The van der Waals surface area contributed by atoms with Crippen molar-refractivity contribution in [3.63, 3.8) is 0 Å². The minimum absolute atomic E-state index is 0.00825. The van der Waals surface area contributed by atoms with Crippen LogP contribution in [0.3, 0.4) is 0 Å². The molecule has 1 heterocycles. The van der Waals surface area contributed by atoms with E-state index >= 15 is 0 Å². The van der Waals surface area contributed by atoms with Crippen molar-refractivity contribution in [3.05, 3.63) is 83.4 Å². The third-order valence-corrected chi connectivity index (χ3v) is 5.27. The summed E-state index contributed by atoms with van der Waals surface area (Å²) in [5.74, 6) is -0.853. The van der Waals surface area contributed by atoms with Crippen molar-refractivity contribution < 1.29 is 18.7 Å². The summed E-state index contributed by atoms with van der Waals surface area (Å²) in [6.07, 6.45) is 1.65. The van der Waals surface area contributed by atoms with Crippen LogP contribution in [0.2, 0.25) is 5.02 Å². The van der Waals surface area contributed by atoms with Crippen LogP contribution in [0, 0.1) is 5.82 Å². The SMILES string of the molecule is C=CCn1c(COc2ccccc2F)nnc1SCC(=O)NNC(=O)c1ccc(Cl)cc1. The van der Waals surface area contributed by atoms with Gasteiger partial charge in [-0.3, -0.25) is 25.0 Å². The molecule has 0 spiro atoms. The number of allylic oxidation sites excluding steroid dienone is 1. The molecule has 11 heteroatoms. The van der Waals surface area contributed by atoms with E-state index in [1.54, 1.807) is 47.0 Å². The van der Waals surface area contributed by atoms with Gasteiger partial charge in [0.1, 0.15) is 6.61 Å². The fourth-order valence-electron chi connectivity index (χ4n) is 2.52. The second-order valence-electron chi connectivity index (χ2n) is 6.32. The Kier molecular flexibility index (Phi) is 8.23. The van der Waals surface area contributed by atoms with Gasteiger partial charge in [0.05, 0.1) is 5.75 Å². The van der Waals surface area contributed by atoms with Gasteiger partial charge in [-0.15, -0.1) is 16.8 Å². The number of rotatable bonds is 9. The number of halogens is 2. The van der Waals surface area contributed by atoms with Gasteiger partial charge in [-0.25, -0.2) is 4.39 Å². The van der Waals surface area contributed by atoms with E-state index in [0.29, 0.717) is 28.1 Å². The largest absolute Gasteiger partial charge is 0.483 e. The van der Waals surface area contributed by atoms with Gasteiger partial charge in [0.25, 0.3) is 5.91 Å². The molecule has 166 valence electrons. The molecule has 3 aromatic rings. The highest BCUT2D eigenvalue weighted by atomic mass is 35.5. The number of hydrogen-bond donors (Lipinski definition) is 2. The van der Waals surface area contributed by atoms with Crippen molar-refractivity contribution in [1.82, 2.24) is 25.6 Å². The van der Waals surface area contributed by atoms with E-state index in [2.05, 4.69) is 27.6 Å². The number of carbonyl (C=O) groups excluding carboxylic acids is 2. The molecule has 0 aliphatic heterocycles. The van der Waals surface area contributed by atoms with Crippen molar-refractivity contribution >= 4 is 35.2 Å². The lowest BCUT2D eigenvalue weighted by atomic mass is 10.2. The molecule has 2 aromatic carbocycles. The number of ether oxygens (including phenoxy) is 1. The Morgan fingerprint density at radius 2 is 1.91 bits per heavy atom. The van der Waals surface area contributed by atoms with Gasteiger partial charge in [-0.05, 0) is 36.4 Å². The lowest BCUT2D eigenvalue weighted by molar-refractivity contribution is -0.119. The Labute approximate surface area is 192 Å². The summed E-state index contributed by atoms with van der Waals surface area (Å²) in [7, 11) is 0. The lowest BCUT2D eigenvalue weighted by Crippen LogP contribution is -2.42. The van der Waals surface area contributed by atoms with Gasteiger partial charge in [0.15, 0.2) is 22.5 Å². The van der Waals surface area contributed by atoms with Gasteiger partial charge in [-0.1, -0.05) is 41.6 Å². The molecule has 0 atom stereocenters. The van der Waals surface area contributed by atoms with E-state index in [4.69, 9.17) is 16.3 Å². The van der Waals surface area contributed by atoms with Crippen LogP contribution in [0.25, 0.3) is 0 Å². The van der Waals surface area contributed by atoms with E-state index in [0.717, 1.165) is 11.8 Å². The number of hydrogen-bond acceptors (Lipinski definition) is 6. The third kappa shape index (κ3) is 6.32. The molecule has 0 saturated heterocycles. The second-order valence-corrected chi connectivity index (χ2v) is 7.69. The first-order chi connectivity index (χ1) is 15.5. The molecule has 0 saturated carbocycles.